The van der Waals surface area contributed by atoms with E-state index in [9.17, 15) is 0 Å². The lowest BCUT2D eigenvalue weighted by molar-refractivity contribution is 0.631. The van der Waals surface area contributed by atoms with Crippen LogP contribution in [0, 0.1) is 20.8 Å². The van der Waals surface area contributed by atoms with E-state index in [0.29, 0.717) is 17.5 Å². The lowest BCUT2D eigenvalue weighted by Crippen LogP contribution is -2.09. The monoisotopic (exact) mass is 290 g/mol. The third-order valence-corrected chi connectivity index (χ3v) is 3.91. The number of rotatable bonds is 2. The zero-order valence-corrected chi connectivity index (χ0v) is 12.6. The molecule has 0 saturated heterocycles. The molecule has 0 fully saturated rings. The van der Waals surface area contributed by atoms with Gasteiger partial charge < -0.3 is 0 Å². The lowest BCUT2D eigenvalue weighted by atomic mass is 10.2. The lowest BCUT2D eigenvalue weighted by Gasteiger charge is -2.05. The van der Waals surface area contributed by atoms with E-state index >= 15 is 0 Å². The minimum absolute atomic E-state index is 0.427. The summed E-state index contributed by atoms with van der Waals surface area (Å²) in [5.41, 5.74) is 4.07. The Hall–Kier alpha value is -1.95. The third kappa shape index (κ3) is 1.96. The fraction of sp³-hybridized carbons (Fsp3) is 0.385. The molecule has 0 unspecified atom stereocenters. The van der Waals surface area contributed by atoms with Gasteiger partial charge in [-0.05, 0) is 26.3 Å². The molecule has 3 aromatic rings. The average molecular weight is 291 g/mol. The van der Waals surface area contributed by atoms with Gasteiger partial charge in [0.2, 0.25) is 0 Å². The van der Waals surface area contributed by atoms with Crippen LogP contribution in [0.2, 0.25) is 5.15 Å². The molecule has 0 amide bonds. The smallest absolute Gasteiger partial charge is 0.162 e. The summed E-state index contributed by atoms with van der Waals surface area (Å²) in [7, 11) is 1.84. The second-order valence-electron chi connectivity index (χ2n) is 4.89. The van der Waals surface area contributed by atoms with Crippen molar-refractivity contribution in [2.75, 3.05) is 0 Å². The van der Waals surface area contributed by atoms with E-state index < -0.39 is 0 Å². The Bertz CT molecular complexity index is 801. The predicted molar refractivity (Wildman–Crippen MR) is 76.9 cm³/mol. The normalized spacial score (nSPS) is 11.4. The van der Waals surface area contributed by atoms with Gasteiger partial charge in [0.05, 0.1) is 17.3 Å². The molecular formula is C13H15ClN6. The van der Waals surface area contributed by atoms with Crippen LogP contribution >= 0.6 is 11.6 Å². The van der Waals surface area contributed by atoms with E-state index in [4.69, 9.17) is 11.6 Å². The van der Waals surface area contributed by atoms with Crippen molar-refractivity contribution in [3.63, 3.8) is 0 Å². The van der Waals surface area contributed by atoms with E-state index in [1.807, 2.05) is 25.6 Å². The second kappa shape index (κ2) is 4.56. The highest BCUT2D eigenvalue weighted by Gasteiger charge is 2.13. The van der Waals surface area contributed by atoms with E-state index in [0.717, 1.165) is 22.4 Å². The summed E-state index contributed by atoms with van der Waals surface area (Å²) in [6, 6.07) is 0. The molecule has 0 spiro atoms. The minimum Gasteiger partial charge on any atom is -0.262 e. The zero-order chi connectivity index (χ0) is 14.4. The molecule has 0 saturated carbocycles. The van der Waals surface area contributed by atoms with Crippen molar-refractivity contribution in [2.45, 2.75) is 27.3 Å². The van der Waals surface area contributed by atoms with Gasteiger partial charge in [0, 0.05) is 12.7 Å². The quantitative estimate of drug-likeness (QED) is 0.679. The molecular weight excluding hydrogens is 276 g/mol. The number of hydrogen-bond donors (Lipinski definition) is 0. The molecule has 0 aliphatic rings. The van der Waals surface area contributed by atoms with Crippen molar-refractivity contribution in [3.8, 4) is 0 Å². The molecule has 104 valence electrons. The molecule has 7 heteroatoms. The fourth-order valence-corrected chi connectivity index (χ4v) is 2.41. The summed E-state index contributed by atoms with van der Waals surface area (Å²) >= 11 is 6.18. The van der Waals surface area contributed by atoms with Crippen molar-refractivity contribution in [2.24, 2.45) is 7.05 Å². The first-order valence-electron chi connectivity index (χ1n) is 6.32. The number of nitrogens with zero attached hydrogens (tertiary/aromatic N) is 6. The fourth-order valence-electron chi connectivity index (χ4n) is 2.18. The highest BCUT2D eigenvalue weighted by Crippen LogP contribution is 2.20. The Labute approximate surface area is 121 Å². The largest absolute Gasteiger partial charge is 0.262 e. The zero-order valence-electron chi connectivity index (χ0n) is 11.8. The Kier molecular flexibility index (Phi) is 2.97. The molecule has 0 aromatic carbocycles. The van der Waals surface area contributed by atoms with Crippen LogP contribution in [-0.4, -0.2) is 29.5 Å². The van der Waals surface area contributed by atoms with E-state index in [-0.39, 0.29) is 0 Å². The summed E-state index contributed by atoms with van der Waals surface area (Å²) in [5, 5.41) is 9.84. The first kappa shape index (κ1) is 13.1. The molecule has 3 heterocycles. The Morgan fingerprint density at radius 1 is 1.20 bits per heavy atom. The van der Waals surface area contributed by atoms with Crippen LogP contribution in [0.15, 0.2) is 6.20 Å². The highest BCUT2D eigenvalue weighted by molar-refractivity contribution is 6.33. The van der Waals surface area contributed by atoms with Crippen LogP contribution in [0.1, 0.15) is 22.8 Å². The van der Waals surface area contributed by atoms with Gasteiger partial charge in [-0.15, -0.1) is 0 Å². The minimum atomic E-state index is 0.427. The molecule has 0 aliphatic carbocycles. The molecule has 20 heavy (non-hydrogen) atoms. The molecule has 6 nitrogen and oxygen atoms in total. The summed E-state index contributed by atoms with van der Waals surface area (Å²) in [6.45, 7) is 6.60. The van der Waals surface area contributed by atoms with Crippen molar-refractivity contribution in [3.05, 3.63) is 34.1 Å². The van der Waals surface area contributed by atoms with Crippen LogP contribution < -0.4 is 0 Å². The summed E-state index contributed by atoms with van der Waals surface area (Å²) in [5.74, 6) is 0.636. The van der Waals surface area contributed by atoms with Crippen LogP contribution in [0.25, 0.3) is 11.0 Å². The molecule has 0 N–H and O–H groups in total. The molecule has 0 aliphatic heterocycles. The maximum absolute atomic E-state index is 6.18. The Morgan fingerprint density at radius 3 is 2.60 bits per heavy atom. The van der Waals surface area contributed by atoms with Crippen LogP contribution in [-0.2, 0) is 13.6 Å². The first-order chi connectivity index (χ1) is 9.47. The van der Waals surface area contributed by atoms with E-state index in [1.165, 1.54) is 5.56 Å². The van der Waals surface area contributed by atoms with Crippen molar-refractivity contribution in [1.82, 2.24) is 29.5 Å². The molecule has 3 rings (SSSR count). The SMILES string of the molecule is Cc1nn(Cc2nc(Cl)c3cnn(C)c3n2)c(C)c1C. The van der Waals surface area contributed by atoms with Gasteiger partial charge in [0.25, 0.3) is 0 Å². The maximum Gasteiger partial charge on any atom is 0.162 e. The van der Waals surface area contributed by atoms with Gasteiger partial charge in [-0.25, -0.2) is 9.97 Å². The third-order valence-electron chi connectivity index (χ3n) is 3.63. The van der Waals surface area contributed by atoms with Crippen molar-refractivity contribution < 1.29 is 0 Å². The van der Waals surface area contributed by atoms with Crippen LogP contribution in [0.4, 0.5) is 0 Å². The first-order valence-corrected chi connectivity index (χ1v) is 6.70. The van der Waals surface area contributed by atoms with Gasteiger partial charge in [0.1, 0.15) is 11.7 Å². The van der Waals surface area contributed by atoms with E-state index in [1.54, 1.807) is 10.9 Å². The summed E-state index contributed by atoms with van der Waals surface area (Å²) < 4.78 is 3.59. The topological polar surface area (TPSA) is 61.4 Å². The maximum atomic E-state index is 6.18. The van der Waals surface area contributed by atoms with Gasteiger partial charge >= 0.3 is 0 Å². The van der Waals surface area contributed by atoms with Gasteiger partial charge in [-0.3, -0.25) is 9.36 Å². The molecule has 0 radical (unpaired) electrons. The number of fused-ring (bicyclic) bond motifs is 1. The predicted octanol–water partition coefficient (Wildman–Crippen LogP) is 2.19. The van der Waals surface area contributed by atoms with E-state index in [2.05, 4.69) is 27.1 Å². The summed E-state index contributed by atoms with van der Waals surface area (Å²) in [4.78, 5) is 8.85. The second-order valence-corrected chi connectivity index (χ2v) is 5.25. The Balaban J connectivity index is 2.06. The van der Waals surface area contributed by atoms with Crippen LogP contribution in [0.5, 0.6) is 0 Å². The average Bonchev–Trinajstić information content (AvgIpc) is 2.88. The van der Waals surface area contributed by atoms with Gasteiger partial charge in [-0.2, -0.15) is 10.2 Å². The highest BCUT2D eigenvalue weighted by atomic mass is 35.5. The van der Waals surface area contributed by atoms with Gasteiger partial charge in [-0.1, -0.05) is 11.6 Å². The molecule has 0 bridgehead atoms. The Morgan fingerprint density at radius 2 is 1.95 bits per heavy atom. The number of aryl methyl sites for hydroxylation is 2. The standard InChI is InChI=1S/C13H15ClN6/c1-7-8(2)18-20(9(7)3)6-11-16-12(14)10-5-15-19(4)13(10)17-11/h5H,6H2,1-4H3. The van der Waals surface area contributed by atoms with Crippen molar-refractivity contribution in [1.29, 1.82) is 0 Å². The van der Waals surface area contributed by atoms with Gasteiger partial charge in [0.15, 0.2) is 11.5 Å². The summed E-state index contributed by atoms with van der Waals surface area (Å²) in [6.07, 6.45) is 1.68. The van der Waals surface area contributed by atoms with Crippen LogP contribution in [0.3, 0.4) is 0 Å². The van der Waals surface area contributed by atoms with Crippen molar-refractivity contribution >= 4 is 22.6 Å². The molecule has 0 atom stereocenters. The number of halogens is 1. The number of aromatic nitrogens is 6. The number of hydrogen-bond acceptors (Lipinski definition) is 4. The molecule has 3 aromatic heterocycles.